The monoisotopic (exact) mass is 454 g/mol. The molecule has 4 heterocycles. The Bertz CT molecular complexity index is 1030. The van der Waals surface area contributed by atoms with E-state index in [9.17, 15) is 19.8 Å². The number of nitrogens with zero attached hydrogens (tertiary/aromatic N) is 3. The molecule has 0 saturated carbocycles. The molecule has 2 aromatic heterocycles. The quantitative estimate of drug-likeness (QED) is 0.289. The van der Waals surface area contributed by atoms with Gasteiger partial charge in [0.15, 0.2) is 6.23 Å². The molecule has 2 aliphatic heterocycles. The fourth-order valence-corrected chi connectivity index (χ4v) is 3.47. The number of nitrogens with two attached hydrogens (primary N) is 1. The van der Waals surface area contributed by atoms with Gasteiger partial charge < -0.3 is 40.7 Å². The van der Waals surface area contributed by atoms with Crippen molar-refractivity contribution in [2.75, 3.05) is 18.9 Å². The van der Waals surface area contributed by atoms with Crippen LogP contribution in [0.2, 0.25) is 0 Å². The molecule has 2 aromatic rings. The molecule has 32 heavy (non-hydrogen) atoms. The van der Waals surface area contributed by atoms with Crippen molar-refractivity contribution in [1.29, 1.82) is 0 Å². The van der Waals surface area contributed by atoms with Crippen molar-refractivity contribution in [1.82, 2.24) is 14.1 Å². The third-order valence-corrected chi connectivity index (χ3v) is 5.17. The molecule has 0 amide bonds. The topological polar surface area (TPSA) is 203 Å². The highest BCUT2D eigenvalue weighted by Crippen LogP contribution is 2.28. The van der Waals surface area contributed by atoms with Crippen LogP contribution >= 0.6 is 0 Å². The van der Waals surface area contributed by atoms with E-state index < -0.39 is 42.4 Å². The van der Waals surface area contributed by atoms with Crippen molar-refractivity contribution in [3.63, 3.8) is 0 Å². The molecule has 2 fully saturated rings. The molecular weight excluding hydrogens is 428 g/mol. The van der Waals surface area contributed by atoms with E-state index in [1.165, 1.54) is 16.8 Å². The number of aliphatic hydroxyl groups excluding tert-OH is 4. The van der Waals surface area contributed by atoms with Crippen molar-refractivity contribution >= 4 is 5.82 Å². The first-order valence-corrected chi connectivity index (χ1v) is 9.89. The normalized spacial score (nSPS) is 29.5. The molecule has 7 N–H and O–H groups in total. The fourth-order valence-electron chi connectivity index (χ4n) is 3.47. The number of pyridine rings is 1. The molecule has 6 atom stereocenters. The van der Waals surface area contributed by atoms with Crippen molar-refractivity contribution in [2.45, 2.75) is 49.7 Å². The number of aromatic nitrogens is 3. The van der Waals surface area contributed by atoms with Crippen LogP contribution in [0.1, 0.15) is 25.3 Å². The van der Waals surface area contributed by atoms with Crippen LogP contribution in [0, 0.1) is 0 Å². The first kappa shape index (κ1) is 23.8. The van der Waals surface area contributed by atoms with Crippen LogP contribution in [0.3, 0.4) is 0 Å². The van der Waals surface area contributed by atoms with E-state index in [1.54, 1.807) is 12.3 Å². The average molecular weight is 454 g/mol. The number of aromatic hydroxyl groups is 1. The number of nitrogen functional groups attached to an aromatic ring is 1. The summed E-state index contributed by atoms with van der Waals surface area (Å²) in [5, 5.41) is 46.1. The summed E-state index contributed by atoms with van der Waals surface area (Å²) in [6.07, 6.45) is -0.824. The lowest BCUT2D eigenvalue weighted by Gasteiger charge is -2.17. The molecule has 13 heteroatoms. The highest BCUT2D eigenvalue weighted by atomic mass is 16.6. The van der Waals surface area contributed by atoms with Gasteiger partial charge in [-0.2, -0.15) is 4.98 Å². The van der Waals surface area contributed by atoms with Crippen LogP contribution in [-0.4, -0.2) is 77.3 Å². The predicted octanol–water partition coefficient (Wildman–Crippen LogP) is -2.34. The predicted molar refractivity (Wildman–Crippen MR) is 109 cm³/mol. The van der Waals surface area contributed by atoms with E-state index in [0.29, 0.717) is 6.42 Å². The largest absolute Gasteiger partial charge is 0.508 e. The Morgan fingerprint density at radius 1 is 1.03 bits per heavy atom. The van der Waals surface area contributed by atoms with E-state index in [4.69, 9.17) is 30.5 Å². The second-order valence-corrected chi connectivity index (χ2v) is 7.37. The molecule has 2 saturated heterocycles. The van der Waals surface area contributed by atoms with E-state index >= 15 is 0 Å². The zero-order valence-corrected chi connectivity index (χ0v) is 17.0. The summed E-state index contributed by atoms with van der Waals surface area (Å²) in [7, 11) is 0. The first-order chi connectivity index (χ1) is 15.2. The van der Waals surface area contributed by atoms with Gasteiger partial charge in [0, 0.05) is 18.5 Å². The standard InChI is InChI=1S/C10H13NO6.C9H13N3O3/c12-4-6-8(15)9(16)10(17-6)11-2-1-5(13)3-7(11)14;10-7-3-4-12(9(14)11-7)8-2-1-6(5-13)15-8/h1-3,6,8-10,12-13,15-16H,4H2;3-4,6,8,13H,1-2,5H2,(H2,10,11,14)/t6-,8-,9-,10-;6-,8+/m10/s1. The molecule has 13 nitrogen and oxygen atoms in total. The lowest BCUT2D eigenvalue weighted by atomic mass is 10.1. The minimum atomic E-state index is -1.31. The Morgan fingerprint density at radius 2 is 1.75 bits per heavy atom. The summed E-state index contributed by atoms with van der Waals surface area (Å²) in [6.45, 7) is -0.477. The molecule has 0 bridgehead atoms. The van der Waals surface area contributed by atoms with Crippen LogP contribution in [0.25, 0.3) is 0 Å². The summed E-state index contributed by atoms with van der Waals surface area (Å²) in [5.41, 5.74) is 4.39. The molecule has 0 unspecified atom stereocenters. The third-order valence-electron chi connectivity index (χ3n) is 5.17. The van der Waals surface area contributed by atoms with Gasteiger partial charge in [0.05, 0.1) is 19.3 Å². The van der Waals surface area contributed by atoms with Crippen LogP contribution in [0.4, 0.5) is 5.82 Å². The molecule has 0 aromatic carbocycles. The van der Waals surface area contributed by atoms with Gasteiger partial charge in [-0.25, -0.2) is 4.79 Å². The van der Waals surface area contributed by atoms with E-state index in [-0.39, 0.29) is 30.5 Å². The van der Waals surface area contributed by atoms with Crippen molar-refractivity contribution in [3.8, 4) is 5.75 Å². The van der Waals surface area contributed by atoms with Gasteiger partial charge in [0.2, 0.25) is 0 Å². The van der Waals surface area contributed by atoms with Gasteiger partial charge in [-0.3, -0.25) is 13.9 Å². The zero-order chi connectivity index (χ0) is 23.4. The van der Waals surface area contributed by atoms with Gasteiger partial charge in [0.25, 0.3) is 5.56 Å². The Labute approximate surface area is 181 Å². The number of rotatable bonds is 4. The van der Waals surface area contributed by atoms with Crippen LogP contribution in [0.15, 0.2) is 40.2 Å². The number of aliphatic hydroxyl groups is 4. The molecular formula is C19H26N4O9. The van der Waals surface area contributed by atoms with Gasteiger partial charge in [0.1, 0.15) is 36.1 Å². The fraction of sp³-hybridized carbons (Fsp3) is 0.526. The molecule has 0 spiro atoms. The molecule has 0 radical (unpaired) electrons. The SMILES string of the molecule is Nc1ccn([C@H]2CC[C@@H](CO)O2)c(=O)n1.O=c1cc(O)ccn1[C@@H]1O[C@H](CO)[C@@H](O)[C@H]1O. The van der Waals surface area contributed by atoms with Gasteiger partial charge in [-0.1, -0.05) is 0 Å². The lowest BCUT2D eigenvalue weighted by molar-refractivity contribution is -0.0544. The number of anilines is 1. The average Bonchev–Trinajstić information content (AvgIpc) is 3.34. The van der Waals surface area contributed by atoms with E-state index in [2.05, 4.69) is 4.98 Å². The second kappa shape index (κ2) is 10.2. The maximum atomic E-state index is 11.5. The Hall–Kier alpha value is -2.81. The summed E-state index contributed by atoms with van der Waals surface area (Å²) >= 11 is 0. The summed E-state index contributed by atoms with van der Waals surface area (Å²) in [6, 6.07) is 3.78. The minimum Gasteiger partial charge on any atom is -0.508 e. The maximum Gasteiger partial charge on any atom is 0.351 e. The third kappa shape index (κ3) is 5.15. The minimum absolute atomic E-state index is 0.0202. The Balaban J connectivity index is 0.000000182. The molecule has 4 rings (SSSR count). The van der Waals surface area contributed by atoms with Crippen LogP contribution in [-0.2, 0) is 9.47 Å². The number of hydrogen-bond donors (Lipinski definition) is 6. The highest BCUT2D eigenvalue weighted by Gasteiger charge is 2.43. The van der Waals surface area contributed by atoms with E-state index in [1.807, 2.05) is 0 Å². The van der Waals surface area contributed by atoms with Gasteiger partial charge in [-0.15, -0.1) is 0 Å². The maximum absolute atomic E-state index is 11.5. The Morgan fingerprint density at radius 3 is 2.31 bits per heavy atom. The van der Waals surface area contributed by atoms with Gasteiger partial charge >= 0.3 is 5.69 Å². The smallest absolute Gasteiger partial charge is 0.351 e. The highest BCUT2D eigenvalue weighted by molar-refractivity contribution is 5.23. The molecule has 2 aliphatic rings. The number of hydrogen-bond acceptors (Lipinski definition) is 11. The summed E-state index contributed by atoms with van der Waals surface area (Å²) in [4.78, 5) is 26.6. The van der Waals surface area contributed by atoms with E-state index in [0.717, 1.165) is 17.1 Å². The molecule has 0 aliphatic carbocycles. The van der Waals surface area contributed by atoms with Gasteiger partial charge in [-0.05, 0) is 25.0 Å². The Kier molecular flexibility index (Phi) is 7.60. The van der Waals surface area contributed by atoms with Crippen molar-refractivity contribution < 1.29 is 35.0 Å². The van der Waals surface area contributed by atoms with Crippen molar-refractivity contribution in [3.05, 3.63) is 51.4 Å². The van der Waals surface area contributed by atoms with Crippen LogP contribution in [0.5, 0.6) is 5.75 Å². The lowest BCUT2D eigenvalue weighted by Crippen LogP contribution is -2.35. The summed E-state index contributed by atoms with van der Waals surface area (Å²) < 4.78 is 13.1. The molecule has 176 valence electrons. The summed E-state index contributed by atoms with van der Waals surface area (Å²) in [5.74, 6) is 0.00551. The first-order valence-electron chi connectivity index (χ1n) is 9.89. The number of ether oxygens (including phenoxy) is 2. The zero-order valence-electron chi connectivity index (χ0n) is 17.0. The van der Waals surface area contributed by atoms with Crippen LogP contribution < -0.4 is 17.0 Å². The van der Waals surface area contributed by atoms with Crippen molar-refractivity contribution in [2.24, 2.45) is 0 Å². The second-order valence-electron chi connectivity index (χ2n) is 7.37.